The van der Waals surface area contributed by atoms with E-state index >= 15 is 0 Å². The van der Waals surface area contributed by atoms with Gasteiger partial charge in [-0.15, -0.1) is 0 Å². The third-order valence-corrected chi connectivity index (χ3v) is 5.96. The average Bonchev–Trinajstić information content (AvgIpc) is 3.00. The van der Waals surface area contributed by atoms with Gasteiger partial charge in [-0.2, -0.15) is 0 Å². The first kappa shape index (κ1) is 27.8. The van der Waals surface area contributed by atoms with Gasteiger partial charge in [-0.1, -0.05) is 46.6 Å². The Balaban J connectivity index is 1.66. The molecule has 2 unspecified atom stereocenters. The number of hydrogen-bond donors (Lipinski definition) is 0. The van der Waals surface area contributed by atoms with Crippen LogP contribution in [0, 0.1) is 0 Å². The Morgan fingerprint density at radius 1 is 0.800 bits per heavy atom. The molecule has 13 heteroatoms. The second-order valence-electron chi connectivity index (χ2n) is 8.43. The molecule has 0 saturated carbocycles. The maximum Gasteiger partial charge on any atom is 0.338 e. The summed E-state index contributed by atoms with van der Waals surface area (Å²) >= 11 is 0. The zero-order valence-electron chi connectivity index (χ0n) is 21.2. The minimum absolute atomic E-state index is 0.216. The molecule has 204 valence electrons. The maximum absolute atomic E-state index is 13.0. The number of hydrogen-bond acceptors (Lipinski definition) is 9. The van der Waals surface area contributed by atoms with E-state index in [-0.39, 0.29) is 12.2 Å². The Hall–Kier alpha value is -5.22. The fraction of sp³-hybridized carbons (Fsp3) is 0.259. The van der Waals surface area contributed by atoms with Crippen molar-refractivity contribution < 1.29 is 33.3 Å². The van der Waals surface area contributed by atoms with Crippen LogP contribution in [0.4, 0.5) is 0 Å². The van der Waals surface area contributed by atoms with Crippen LogP contribution in [0.25, 0.3) is 20.9 Å². The fourth-order valence-corrected chi connectivity index (χ4v) is 4.03. The molecule has 0 bridgehead atoms. The second kappa shape index (κ2) is 13.5. The van der Waals surface area contributed by atoms with E-state index in [4.69, 9.17) is 23.7 Å². The van der Waals surface area contributed by atoms with Crippen LogP contribution in [-0.2, 0) is 14.2 Å². The van der Waals surface area contributed by atoms with Crippen molar-refractivity contribution in [3.63, 3.8) is 0 Å². The monoisotopic (exact) mass is 544 g/mol. The number of carbonyl (C=O) groups is 2. The summed E-state index contributed by atoms with van der Waals surface area (Å²) in [6.45, 7) is -0.387. The fourth-order valence-electron chi connectivity index (χ4n) is 4.03. The Kier molecular flexibility index (Phi) is 9.41. The van der Waals surface area contributed by atoms with E-state index in [9.17, 15) is 20.7 Å². The van der Waals surface area contributed by atoms with Crippen molar-refractivity contribution in [2.45, 2.75) is 30.6 Å². The number of esters is 2. The van der Waals surface area contributed by atoms with E-state index in [0.717, 1.165) is 0 Å². The molecule has 1 saturated heterocycles. The minimum Gasteiger partial charge on any atom is -0.497 e. The molecule has 13 nitrogen and oxygen atoms in total. The van der Waals surface area contributed by atoms with Crippen LogP contribution in [-0.4, -0.2) is 56.2 Å². The number of rotatable bonds is 10. The van der Waals surface area contributed by atoms with Gasteiger partial charge in [-0.25, -0.2) is 9.59 Å². The van der Waals surface area contributed by atoms with Crippen molar-refractivity contribution in [3.8, 4) is 11.5 Å². The summed E-state index contributed by atoms with van der Waals surface area (Å²) in [6.07, 6.45) is -3.79. The molecular weight excluding hydrogens is 520 g/mol. The van der Waals surface area contributed by atoms with Gasteiger partial charge >= 0.3 is 11.9 Å². The van der Waals surface area contributed by atoms with Gasteiger partial charge in [0, 0.05) is 9.82 Å². The lowest BCUT2D eigenvalue weighted by molar-refractivity contribution is -0.203. The normalized spacial score (nSPS) is 21.6. The highest BCUT2D eigenvalue weighted by Crippen LogP contribution is 2.32. The summed E-state index contributed by atoms with van der Waals surface area (Å²) in [6, 6.07) is 20.3. The molecule has 1 aliphatic heterocycles. The van der Waals surface area contributed by atoms with Gasteiger partial charge in [0.1, 0.15) is 42.4 Å². The predicted octanol–water partition coefficient (Wildman–Crippen LogP) is 5.24. The average molecular weight is 545 g/mol. The number of nitrogens with zero attached hydrogens (tertiary/aromatic N) is 6. The summed E-state index contributed by atoms with van der Waals surface area (Å²) in [4.78, 5) is 31.4. The lowest BCUT2D eigenvalue weighted by Crippen LogP contribution is -2.60. The third kappa shape index (κ3) is 6.80. The first-order chi connectivity index (χ1) is 19.5. The van der Waals surface area contributed by atoms with Crippen LogP contribution in [0.2, 0.25) is 0 Å². The Labute approximate surface area is 228 Å². The molecule has 5 atom stereocenters. The van der Waals surface area contributed by atoms with Crippen LogP contribution in [0.15, 0.2) is 95.2 Å². The molecule has 40 heavy (non-hydrogen) atoms. The molecule has 0 radical (unpaired) electrons. The third-order valence-electron chi connectivity index (χ3n) is 5.96. The molecule has 3 aromatic carbocycles. The Bertz CT molecular complexity index is 1390. The van der Waals surface area contributed by atoms with Gasteiger partial charge in [0.25, 0.3) is 0 Å². The quantitative estimate of drug-likeness (QED) is 0.145. The topological polar surface area (TPSA) is 178 Å². The van der Waals surface area contributed by atoms with Crippen molar-refractivity contribution in [2.24, 2.45) is 10.2 Å². The molecular formula is C27H24N6O7. The highest BCUT2D eigenvalue weighted by atomic mass is 16.7. The molecule has 0 N–H and O–H groups in total. The molecule has 3 aromatic rings. The minimum atomic E-state index is -1.34. The van der Waals surface area contributed by atoms with Gasteiger partial charge in [0.15, 0.2) is 0 Å². The Morgan fingerprint density at radius 3 is 1.93 bits per heavy atom. The van der Waals surface area contributed by atoms with Crippen molar-refractivity contribution in [2.75, 3.05) is 13.7 Å². The van der Waals surface area contributed by atoms with Crippen molar-refractivity contribution in [1.29, 1.82) is 0 Å². The second-order valence-corrected chi connectivity index (χ2v) is 8.43. The number of carbonyl (C=O) groups excluding carboxylic acids is 2. The number of ether oxygens (including phenoxy) is 5. The predicted molar refractivity (Wildman–Crippen MR) is 141 cm³/mol. The lowest BCUT2D eigenvalue weighted by Gasteiger charge is -2.42. The van der Waals surface area contributed by atoms with Crippen LogP contribution >= 0.6 is 0 Å². The van der Waals surface area contributed by atoms with Gasteiger partial charge in [0.2, 0.25) is 6.29 Å². The van der Waals surface area contributed by atoms with E-state index in [1.807, 2.05) is 0 Å². The zero-order chi connectivity index (χ0) is 28.3. The molecule has 1 aliphatic rings. The summed E-state index contributed by atoms with van der Waals surface area (Å²) in [7, 11) is 1.51. The highest BCUT2D eigenvalue weighted by Gasteiger charge is 2.49. The smallest absolute Gasteiger partial charge is 0.338 e. The molecule has 0 aromatic heterocycles. The van der Waals surface area contributed by atoms with Crippen molar-refractivity contribution in [1.82, 2.24) is 0 Å². The first-order valence-corrected chi connectivity index (χ1v) is 12.1. The SMILES string of the molecule is COc1ccc(O[C@@H]2OC(COC(=O)c3ccccc3)[C@@H](N=[N+]=[N-])C(OC(=O)c3ccccc3)[C@H]2N=[N+]=[N-])cc1. The van der Waals surface area contributed by atoms with Crippen LogP contribution in [0.3, 0.4) is 0 Å². The zero-order valence-corrected chi connectivity index (χ0v) is 21.2. The number of azide groups is 2. The largest absolute Gasteiger partial charge is 0.497 e. The summed E-state index contributed by atoms with van der Waals surface area (Å²) < 4.78 is 28.4. The van der Waals surface area contributed by atoms with Gasteiger partial charge < -0.3 is 23.7 Å². The summed E-state index contributed by atoms with van der Waals surface area (Å²) in [5.74, 6) is -0.509. The van der Waals surface area contributed by atoms with E-state index in [1.165, 1.54) is 19.2 Å². The Morgan fingerprint density at radius 2 is 1.35 bits per heavy atom. The van der Waals surface area contributed by atoms with Crippen molar-refractivity contribution in [3.05, 3.63) is 117 Å². The van der Waals surface area contributed by atoms with Gasteiger partial charge in [-0.05, 0) is 59.6 Å². The highest BCUT2D eigenvalue weighted by molar-refractivity contribution is 5.90. The van der Waals surface area contributed by atoms with Crippen LogP contribution in [0.1, 0.15) is 20.7 Å². The van der Waals surface area contributed by atoms with E-state index < -0.39 is 42.5 Å². The number of methoxy groups -OCH3 is 1. The van der Waals surface area contributed by atoms with E-state index in [1.54, 1.807) is 72.8 Å². The first-order valence-electron chi connectivity index (χ1n) is 12.1. The molecule has 1 fully saturated rings. The van der Waals surface area contributed by atoms with Gasteiger partial charge in [-0.3, -0.25) is 0 Å². The molecule has 0 spiro atoms. The van der Waals surface area contributed by atoms with Crippen LogP contribution < -0.4 is 9.47 Å². The maximum atomic E-state index is 13.0. The summed E-state index contributed by atoms with van der Waals surface area (Å²) in [5.41, 5.74) is 19.2. The molecule has 0 aliphatic carbocycles. The van der Waals surface area contributed by atoms with E-state index in [2.05, 4.69) is 20.1 Å². The van der Waals surface area contributed by atoms with Crippen molar-refractivity contribution >= 4 is 11.9 Å². The molecule has 1 heterocycles. The molecule has 0 amide bonds. The van der Waals surface area contributed by atoms with E-state index in [0.29, 0.717) is 17.1 Å². The number of benzene rings is 3. The van der Waals surface area contributed by atoms with Gasteiger partial charge in [0.05, 0.1) is 18.2 Å². The lowest BCUT2D eigenvalue weighted by atomic mass is 9.95. The molecule has 4 rings (SSSR count). The standard InChI is InChI=1S/C27H24N6O7/c1-36-19-12-14-20(15-13-19)38-27-23(31-33-29)24(40-26(35)18-10-6-3-7-11-18)22(30-32-28)21(39-27)16-37-25(34)17-8-4-2-5-9-17/h2-15,21-24,27H,16H2,1H3/t21?,22-,23-,24?,27-/m1/s1. The van der Waals surface area contributed by atoms with Crippen LogP contribution in [0.5, 0.6) is 11.5 Å². The summed E-state index contributed by atoms with van der Waals surface area (Å²) in [5, 5.41) is 7.54.